The molecule has 2 aromatic carbocycles. The summed E-state index contributed by atoms with van der Waals surface area (Å²) >= 11 is 0. The maximum absolute atomic E-state index is 14.5. The second-order valence-corrected chi connectivity index (χ2v) is 7.46. The van der Waals surface area contributed by atoms with Crippen LogP contribution in [0.5, 0.6) is 0 Å². The summed E-state index contributed by atoms with van der Waals surface area (Å²) < 4.78 is 21.8. The highest BCUT2D eigenvalue weighted by Gasteiger charge is 2.36. The first-order valence-corrected chi connectivity index (χ1v) is 9.84. The van der Waals surface area contributed by atoms with Gasteiger partial charge in [0.25, 0.3) is 5.91 Å². The number of carbonyl (C=O) groups excluding carboxylic acids is 1. The normalized spacial score (nSPS) is 15.8. The lowest BCUT2D eigenvalue weighted by atomic mass is 9.73. The Kier molecular flexibility index (Phi) is 5.71. The van der Waals surface area contributed by atoms with E-state index in [2.05, 4.69) is 10.4 Å². The Labute approximate surface area is 169 Å². The van der Waals surface area contributed by atoms with Crippen LogP contribution in [-0.4, -0.2) is 35.4 Å². The van der Waals surface area contributed by atoms with Crippen molar-refractivity contribution in [2.24, 2.45) is 0 Å². The molecule has 1 N–H and O–H groups in total. The summed E-state index contributed by atoms with van der Waals surface area (Å²) in [6, 6.07) is 16.2. The molecular weight excluding hydrogens is 369 g/mol. The highest BCUT2D eigenvalue weighted by Crippen LogP contribution is 2.35. The van der Waals surface area contributed by atoms with E-state index >= 15 is 0 Å². The highest BCUT2D eigenvalue weighted by atomic mass is 19.1. The van der Waals surface area contributed by atoms with Crippen molar-refractivity contribution in [3.05, 3.63) is 89.5 Å². The van der Waals surface area contributed by atoms with Gasteiger partial charge in [-0.05, 0) is 48.2 Å². The number of aromatic nitrogens is 2. The number of nitrogens with one attached hydrogen (secondary N) is 1. The molecule has 2 heterocycles. The second kappa shape index (κ2) is 8.57. The maximum atomic E-state index is 14.5. The molecule has 1 amide bonds. The molecule has 6 heteroatoms. The summed E-state index contributed by atoms with van der Waals surface area (Å²) in [5.41, 5.74) is 1.78. The molecule has 1 aliphatic heterocycles. The fourth-order valence-corrected chi connectivity index (χ4v) is 3.94. The molecule has 0 atom stereocenters. The molecule has 1 aliphatic rings. The number of amides is 1. The molecule has 29 heavy (non-hydrogen) atoms. The topological polar surface area (TPSA) is 56.1 Å². The van der Waals surface area contributed by atoms with Gasteiger partial charge in [-0.2, -0.15) is 5.10 Å². The summed E-state index contributed by atoms with van der Waals surface area (Å²) in [6.45, 7) is 2.09. The van der Waals surface area contributed by atoms with Gasteiger partial charge in [-0.25, -0.2) is 4.39 Å². The molecule has 0 aliphatic carbocycles. The average molecular weight is 393 g/mol. The molecular formula is C23H24FN3O2. The number of hydrogen-bond donors (Lipinski definition) is 1. The van der Waals surface area contributed by atoms with E-state index in [1.807, 2.05) is 47.3 Å². The standard InChI is InChI=1S/C23H24FN3O2/c24-21-8-2-1-7-20(21)23(9-13-29-14-10-23)17-25-22(28)19-6-3-5-18(15-19)16-27-12-4-11-26-27/h1-8,11-12,15H,9-10,13-14,16-17H2,(H,25,28). The van der Waals surface area contributed by atoms with Gasteiger partial charge in [-0.3, -0.25) is 9.48 Å². The summed E-state index contributed by atoms with van der Waals surface area (Å²) in [5.74, 6) is -0.389. The molecule has 150 valence electrons. The molecule has 0 radical (unpaired) electrons. The maximum Gasteiger partial charge on any atom is 0.251 e. The summed E-state index contributed by atoms with van der Waals surface area (Å²) in [6.07, 6.45) is 4.96. The van der Waals surface area contributed by atoms with Crippen molar-refractivity contribution in [2.45, 2.75) is 24.8 Å². The van der Waals surface area contributed by atoms with Crippen LogP contribution >= 0.6 is 0 Å². The third kappa shape index (κ3) is 4.38. The van der Waals surface area contributed by atoms with Crippen molar-refractivity contribution < 1.29 is 13.9 Å². The first-order chi connectivity index (χ1) is 14.2. The second-order valence-electron chi connectivity index (χ2n) is 7.46. The van der Waals surface area contributed by atoms with Gasteiger partial charge in [0.1, 0.15) is 5.82 Å². The molecule has 0 spiro atoms. The van der Waals surface area contributed by atoms with Crippen molar-refractivity contribution in [1.82, 2.24) is 15.1 Å². The van der Waals surface area contributed by atoms with Crippen LogP contribution in [0, 0.1) is 5.82 Å². The summed E-state index contributed by atoms with van der Waals surface area (Å²) in [5, 5.41) is 7.24. The van der Waals surface area contributed by atoms with Gasteiger partial charge in [0.15, 0.2) is 0 Å². The molecule has 0 bridgehead atoms. The fraction of sp³-hybridized carbons (Fsp3) is 0.304. The monoisotopic (exact) mass is 393 g/mol. The summed E-state index contributed by atoms with van der Waals surface area (Å²) in [7, 11) is 0. The van der Waals surface area contributed by atoms with Crippen LogP contribution in [0.1, 0.15) is 34.3 Å². The number of benzene rings is 2. The van der Waals surface area contributed by atoms with Crippen LogP contribution in [0.25, 0.3) is 0 Å². The molecule has 1 fully saturated rings. The third-order valence-corrected chi connectivity index (χ3v) is 5.58. The van der Waals surface area contributed by atoms with Crippen molar-refractivity contribution in [2.75, 3.05) is 19.8 Å². The van der Waals surface area contributed by atoms with Crippen LogP contribution < -0.4 is 5.32 Å². The fourth-order valence-electron chi connectivity index (χ4n) is 3.94. The average Bonchev–Trinajstić information content (AvgIpc) is 3.26. The van der Waals surface area contributed by atoms with E-state index < -0.39 is 5.41 Å². The number of nitrogens with zero attached hydrogens (tertiary/aromatic N) is 2. The SMILES string of the molecule is O=C(NCC1(c2ccccc2F)CCOCC1)c1cccc(Cn2cccn2)c1. The van der Waals surface area contributed by atoms with Crippen LogP contribution in [0.2, 0.25) is 0 Å². The van der Waals surface area contributed by atoms with Crippen molar-refractivity contribution >= 4 is 5.91 Å². The lowest BCUT2D eigenvalue weighted by molar-refractivity contribution is 0.0475. The Morgan fingerprint density at radius 2 is 1.97 bits per heavy atom. The number of ether oxygens (including phenoxy) is 1. The molecule has 0 saturated carbocycles. The molecule has 1 saturated heterocycles. The zero-order chi connectivity index (χ0) is 20.1. The lowest BCUT2D eigenvalue weighted by Gasteiger charge is -2.38. The lowest BCUT2D eigenvalue weighted by Crippen LogP contribution is -2.45. The van der Waals surface area contributed by atoms with Gasteiger partial charge in [-0.15, -0.1) is 0 Å². The minimum absolute atomic E-state index is 0.158. The van der Waals surface area contributed by atoms with Crippen LogP contribution in [0.4, 0.5) is 4.39 Å². The van der Waals surface area contributed by atoms with E-state index in [1.54, 1.807) is 18.3 Å². The minimum Gasteiger partial charge on any atom is -0.381 e. The van der Waals surface area contributed by atoms with Gasteiger partial charge in [0, 0.05) is 43.1 Å². The molecule has 4 rings (SSSR count). The number of carbonyl (C=O) groups is 1. The van der Waals surface area contributed by atoms with Gasteiger partial charge in [0.2, 0.25) is 0 Å². The van der Waals surface area contributed by atoms with Gasteiger partial charge < -0.3 is 10.1 Å². The Hall–Kier alpha value is -2.99. The Morgan fingerprint density at radius 1 is 1.14 bits per heavy atom. The quantitative estimate of drug-likeness (QED) is 0.697. The smallest absolute Gasteiger partial charge is 0.251 e. The molecule has 3 aromatic rings. The Balaban J connectivity index is 1.49. The third-order valence-electron chi connectivity index (χ3n) is 5.58. The predicted molar refractivity (Wildman–Crippen MR) is 108 cm³/mol. The zero-order valence-corrected chi connectivity index (χ0v) is 16.2. The van der Waals surface area contributed by atoms with E-state index in [4.69, 9.17) is 4.74 Å². The van der Waals surface area contributed by atoms with E-state index in [9.17, 15) is 9.18 Å². The van der Waals surface area contributed by atoms with Crippen LogP contribution in [-0.2, 0) is 16.7 Å². The minimum atomic E-state index is -0.452. The van der Waals surface area contributed by atoms with Crippen molar-refractivity contribution in [3.63, 3.8) is 0 Å². The molecule has 0 unspecified atom stereocenters. The number of rotatable bonds is 6. The Bertz CT molecular complexity index is 966. The van der Waals surface area contributed by atoms with Crippen molar-refractivity contribution in [1.29, 1.82) is 0 Å². The Morgan fingerprint density at radius 3 is 2.72 bits per heavy atom. The van der Waals surface area contributed by atoms with E-state index in [1.165, 1.54) is 6.07 Å². The molecule has 1 aromatic heterocycles. The largest absolute Gasteiger partial charge is 0.381 e. The van der Waals surface area contributed by atoms with E-state index in [0.29, 0.717) is 50.3 Å². The van der Waals surface area contributed by atoms with E-state index in [0.717, 1.165) is 5.56 Å². The first kappa shape index (κ1) is 19.3. The summed E-state index contributed by atoms with van der Waals surface area (Å²) in [4.78, 5) is 12.8. The number of halogens is 1. The van der Waals surface area contributed by atoms with Crippen LogP contribution in [0.15, 0.2) is 67.0 Å². The van der Waals surface area contributed by atoms with Crippen LogP contribution in [0.3, 0.4) is 0 Å². The van der Waals surface area contributed by atoms with Crippen molar-refractivity contribution in [3.8, 4) is 0 Å². The van der Waals surface area contributed by atoms with Gasteiger partial charge >= 0.3 is 0 Å². The first-order valence-electron chi connectivity index (χ1n) is 9.84. The highest BCUT2D eigenvalue weighted by molar-refractivity contribution is 5.94. The van der Waals surface area contributed by atoms with E-state index in [-0.39, 0.29) is 11.7 Å². The predicted octanol–water partition coefficient (Wildman–Crippen LogP) is 3.55. The van der Waals surface area contributed by atoms with Gasteiger partial charge in [-0.1, -0.05) is 30.3 Å². The molecule has 5 nitrogen and oxygen atoms in total. The zero-order valence-electron chi connectivity index (χ0n) is 16.2. The number of hydrogen-bond acceptors (Lipinski definition) is 3. The van der Waals surface area contributed by atoms with Gasteiger partial charge in [0.05, 0.1) is 6.54 Å².